The van der Waals surface area contributed by atoms with Crippen LogP contribution in [0.5, 0.6) is 0 Å². The number of hydrogen-bond donors (Lipinski definition) is 2. The van der Waals surface area contributed by atoms with E-state index in [1.165, 1.54) is 31.2 Å². The smallest absolute Gasteiger partial charge is 0.337 e. The summed E-state index contributed by atoms with van der Waals surface area (Å²) in [5.74, 6) is 0.391. The summed E-state index contributed by atoms with van der Waals surface area (Å²) in [4.78, 5) is 14.1. The molecule has 1 fully saturated rings. The molecule has 1 saturated heterocycles. The van der Waals surface area contributed by atoms with E-state index >= 15 is 0 Å². The molecule has 2 aromatic carbocycles. The number of methoxy groups -OCH3 is 1. The highest BCUT2D eigenvalue weighted by Gasteiger charge is 2.16. The number of esters is 1. The Morgan fingerprint density at radius 3 is 2.75 bits per heavy atom. The first kappa shape index (κ1) is 20.1. The predicted molar refractivity (Wildman–Crippen MR) is 118 cm³/mol. The highest BCUT2D eigenvalue weighted by Crippen LogP contribution is 2.23. The molecule has 5 nitrogen and oxygen atoms in total. The van der Waals surface area contributed by atoms with Gasteiger partial charge in [0, 0.05) is 31.0 Å². The SMILES string of the molecule is COC(=O)c1cccc(NC(=S)NCc2ccc(N3CCCC(C)C3)cc2)c1. The zero-order chi connectivity index (χ0) is 19.9. The second-order valence-corrected chi connectivity index (χ2v) is 7.65. The molecule has 0 saturated carbocycles. The molecule has 1 aliphatic heterocycles. The lowest BCUT2D eigenvalue weighted by atomic mass is 9.99. The molecular weight excluding hydrogens is 370 g/mol. The predicted octanol–water partition coefficient (Wildman–Crippen LogP) is 4.20. The van der Waals surface area contributed by atoms with E-state index in [0.717, 1.165) is 24.7 Å². The summed E-state index contributed by atoms with van der Waals surface area (Å²) in [6.45, 7) is 5.23. The number of thiocarbonyl (C=S) groups is 1. The van der Waals surface area contributed by atoms with Crippen LogP contribution in [0.2, 0.25) is 0 Å². The fourth-order valence-electron chi connectivity index (χ4n) is 3.45. The molecule has 1 atom stereocenters. The standard InChI is InChI=1S/C22H27N3O2S/c1-16-5-4-12-25(15-16)20-10-8-17(9-11-20)14-23-22(28)24-19-7-3-6-18(13-19)21(26)27-2/h3,6-11,13,16H,4-5,12,14-15H2,1-2H3,(H2,23,24,28). The van der Waals surface area contributed by atoms with Gasteiger partial charge in [-0.15, -0.1) is 0 Å². The Kier molecular flexibility index (Phi) is 6.87. The van der Waals surface area contributed by atoms with Crippen LogP contribution in [-0.2, 0) is 11.3 Å². The summed E-state index contributed by atoms with van der Waals surface area (Å²) in [6.07, 6.45) is 2.59. The Bertz CT molecular complexity index is 823. The largest absolute Gasteiger partial charge is 0.465 e. The van der Waals surface area contributed by atoms with E-state index in [4.69, 9.17) is 17.0 Å². The Balaban J connectivity index is 1.51. The molecule has 1 unspecified atom stereocenters. The molecule has 0 bridgehead atoms. The number of ether oxygens (including phenoxy) is 1. The summed E-state index contributed by atoms with van der Waals surface area (Å²) >= 11 is 5.37. The number of carbonyl (C=O) groups is 1. The Morgan fingerprint density at radius 1 is 1.25 bits per heavy atom. The van der Waals surface area contributed by atoms with Crippen molar-refractivity contribution in [2.45, 2.75) is 26.3 Å². The van der Waals surface area contributed by atoms with Gasteiger partial charge in [-0.25, -0.2) is 4.79 Å². The van der Waals surface area contributed by atoms with Crippen molar-refractivity contribution < 1.29 is 9.53 Å². The summed E-state index contributed by atoms with van der Waals surface area (Å²) in [5.41, 5.74) is 3.68. The van der Waals surface area contributed by atoms with E-state index in [1.54, 1.807) is 18.2 Å². The van der Waals surface area contributed by atoms with E-state index < -0.39 is 0 Å². The van der Waals surface area contributed by atoms with Crippen molar-refractivity contribution in [2.24, 2.45) is 5.92 Å². The van der Waals surface area contributed by atoms with Gasteiger partial charge in [0.05, 0.1) is 12.7 Å². The van der Waals surface area contributed by atoms with Crippen LogP contribution in [0.25, 0.3) is 0 Å². The first-order valence-electron chi connectivity index (χ1n) is 9.62. The van der Waals surface area contributed by atoms with Crippen LogP contribution >= 0.6 is 12.2 Å². The molecule has 0 radical (unpaired) electrons. The molecule has 3 rings (SSSR count). The quantitative estimate of drug-likeness (QED) is 0.583. The highest BCUT2D eigenvalue weighted by atomic mass is 32.1. The van der Waals surface area contributed by atoms with E-state index in [2.05, 4.69) is 46.7 Å². The fraction of sp³-hybridized carbons (Fsp3) is 0.364. The lowest BCUT2D eigenvalue weighted by Gasteiger charge is -2.32. The summed E-state index contributed by atoms with van der Waals surface area (Å²) in [5, 5.41) is 6.82. The van der Waals surface area contributed by atoms with Crippen molar-refractivity contribution in [2.75, 3.05) is 30.4 Å². The topological polar surface area (TPSA) is 53.6 Å². The molecule has 2 aromatic rings. The Labute approximate surface area is 172 Å². The highest BCUT2D eigenvalue weighted by molar-refractivity contribution is 7.80. The lowest BCUT2D eigenvalue weighted by molar-refractivity contribution is 0.0601. The van der Waals surface area contributed by atoms with E-state index in [1.807, 2.05) is 6.07 Å². The van der Waals surface area contributed by atoms with Gasteiger partial charge in [-0.05, 0) is 66.9 Å². The van der Waals surface area contributed by atoms with Crippen molar-refractivity contribution in [3.8, 4) is 0 Å². The minimum atomic E-state index is -0.370. The number of nitrogens with zero attached hydrogens (tertiary/aromatic N) is 1. The lowest BCUT2D eigenvalue weighted by Crippen LogP contribution is -2.34. The zero-order valence-corrected chi connectivity index (χ0v) is 17.2. The molecule has 0 amide bonds. The molecule has 0 aliphatic carbocycles. The van der Waals surface area contributed by atoms with Gasteiger partial charge >= 0.3 is 5.97 Å². The Hall–Kier alpha value is -2.60. The van der Waals surface area contributed by atoms with Crippen LogP contribution in [0.15, 0.2) is 48.5 Å². The average molecular weight is 398 g/mol. The third-order valence-corrected chi connectivity index (χ3v) is 5.20. The average Bonchev–Trinajstić information content (AvgIpc) is 2.72. The van der Waals surface area contributed by atoms with Crippen molar-refractivity contribution in [1.82, 2.24) is 5.32 Å². The number of anilines is 2. The zero-order valence-electron chi connectivity index (χ0n) is 16.4. The minimum absolute atomic E-state index is 0.370. The molecule has 6 heteroatoms. The maximum absolute atomic E-state index is 11.6. The maximum Gasteiger partial charge on any atom is 0.337 e. The first-order valence-corrected chi connectivity index (χ1v) is 10.0. The first-order chi connectivity index (χ1) is 13.5. The second-order valence-electron chi connectivity index (χ2n) is 7.24. The third-order valence-electron chi connectivity index (χ3n) is 4.95. The number of carbonyl (C=O) groups excluding carboxylic acids is 1. The molecular formula is C22H27N3O2S. The summed E-state index contributed by atoms with van der Waals surface area (Å²) in [6, 6.07) is 15.7. The second kappa shape index (κ2) is 9.55. The van der Waals surface area contributed by atoms with Crippen LogP contribution in [0.3, 0.4) is 0 Å². The van der Waals surface area contributed by atoms with Crippen LogP contribution in [0.1, 0.15) is 35.7 Å². The van der Waals surface area contributed by atoms with Crippen LogP contribution in [0.4, 0.5) is 11.4 Å². The van der Waals surface area contributed by atoms with Gasteiger partial charge in [-0.3, -0.25) is 0 Å². The van der Waals surface area contributed by atoms with Gasteiger partial charge < -0.3 is 20.3 Å². The van der Waals surface area contributed by atoms with Crippen molar-refractivity contribution in [1.29, 1.82) is 0 Å². The van der Waals surface area contributed by atoms with Gasteiger partial charge in [0.1, 0.15) is 0 Å². The number of benzene rings is 2. The van der Waals surface area contributed by atoms with Gasteiger partial charge in [0.2, 0.25) is 0 Å². The van der Waals surface area contributed by atoms with Crippen molar-refractivity contribution in [3.05, 3.63) is 59.7 Å². The van der Waals surface area contributed by atoms with E-state index in [9.17, 15) is 4.79 Å². The maximum atomic E-state index is 11.6. The van der Waals surface area contributed by atoms with Gasteiger partial charge in [-0.2, -0.15) is 0 Å². The van der Waals surface area contributed by atoms with Gasteiger partial charge in [0.25, 0.3) is 0 Å². The van der Waals surface area contributed by atoms with Crippen molar-refractivity contribution in [3.63, 3.8) is 0 Å². The number of nitrogens with one attached hydrogen (secondary N) is 2. The summed E-state index contributed by atoms with van der Waals surface area (Å²) in [7, 11) is 1.37. The molecule has 28 heavy (non-hydrogen) atoms. The number of hydrogen-bond acceptors (Lipinski definition) is 4. The molecule has 1 aliphatic rings. The van der Waals surface area contributed by atoms with Gasteiger partial charge in [0.15, 0.2) is 5.11 Å². The molecule has 2 N–H and O–H groups in total. The fourth-order valence-corrected chi connectivity index (χ4v) is 3.64. The minimum Gasteiger partial charge on any atom is -0.465 e. The monoisotopic (exact) mass is 397 g/mol. The Morgan fingerprint density at radius 2 is 2.04 bits per heavy atom. The number of piperidine rings is 1. The van der Waals surface area contributed by atoms with E-state index in [-0.39, 0.29) is 5.97 Å². The molecule has 0 aromatic heterocycles. The normalized spacial score (nSPS) is 16.4. The number of rotatable bonds is 5. The molecule has 1 heterocycles. The van der Waals surface area contributed by atoms with Crippen LogP contribution < -0.4 is 15.5 Å². The van der Waals surface area contributed by atoms with Gasteiger partial charge in [-0.1, -0.05) is 25.1 Å². The summed E-state index contributed by atoms with van der Waals surface area (Å²) < 4.78 is 4.74. The third kappa shape index (κ3) is 5.45. The van der Waals surface area contributed by atoms with E-state index in [0.29, 0.717) is 17.2 Å². The van der Waals surface area contributed by atoms with Crippen LogP contribution in [-0.4, -0.2) is 31.3 Å². The van der Waals surface area contributed by atoms with Crippen molar-refractivity contribution >= 4 is 34.7 Å². The van der Waals surface area contributed by atoms with Crippen LogP contribution in [0, 0.1) is 5.92 Å². The molecule has 148 valence electrons. The molecule has 0 spiro atoms.